The van der Waals surface area contributed by atoms with E-state index in [1.807, 2.05) is 0 Å². The van der Waals surface area contributed by atoms with Crippen molar-refractivity contribution in [1.82, 2.24) is 4.90 Å². The third-order valence-electron chi connectivity index (χ3n) is 3.66. The van der Waals surface area contributed by atoms with Crippen LogP contribution in [0.15, 0.2) is 28.6 Å². The summed E-state index contributed by atoms with van der Waals surface area (Å²) in [5.41, 5.74) is 0. The molecule has 1 aromatic rings. The molecule has 0 aliphatic carbocycles. The molecule has 0 spiro atoms. The number of unbranched alkanes of at least 4 members (excludes halogenated alkanes) is 1. The number of benzene rings is 1. The molecule has 0 unspecified atom stereocenters. The van der Waals surface area contributed by atoms with Gasteiger partial charge in [0.25, 0.3) is 0 Å². The van der Waals surface area contributed by atoms with Gasteiger partial charge in [-0.25, -0.2) is 8.75 Å². The Hall–Kier alpha value is -1.07. The van der Waals surface area contributed by atoms with Gasteiger partial charge in [-0.05, 0) is 56.5 Å². The van der Waals surface area contributed by atoms with Crippen molar-refractivity contribution in [2.24, 2.45) is 4.36 Å². The van der Waals surface area contributed by atoms with E-state index < -0.39 is 0 Å². The Labute approximate surface area is 125 Å². The highest BCUT2D eigenvalue weighted by molar-refractivity contribution is 7.47. The monoisotopic (exact) mass is 296 g/mol. The smallest absolute Gasteiger partial charge is 0.123 e. The van der Waals surface area contributed by atoms with Crippen LogP contribution in [0.2, 0.25) is 0 Å². The molecule has 0 aromatic heterocycles. The van der Waals surface area contributed by atoms with Crippen LogP contribution in [-0.4, -0.2) is 37.2 Å². The number of hydrogen-bond donors (Lipinski definition) is 0. The van der Waals surface area contributed by atoms with E-state index in [1.54, 1.807) is 12.1 Å². The molecule has 1 fully saturated rings. The maximum Gasteiger partial charge on any atom is 0.123 e. The van der Waals surface area contributed by atoms with E-state index in [4.69, 9.17) is 17.2 Å². The lowest BCUT2D eigenvalue weighted by Gasteiger charge is -2.29. The van der Waals surface area contributed by atoms with Gasteiger partial charge in [0.1, 0.15) is 11.6 Å². The highest BCUT2D eigenvalue weighted by Crippen LogP contribution is 2.14. The maximum absolute atomic E-state index is 12.7. The second-order valence-corrected chi connectivity index (χ2v) is 5.40. The predicted molar refractivity (Wildman–Crippen MR) is 80.4 cm³/mol. The summed E-state index contributed by atoms with van der Waals surface area (Å²) in [5.74, 6) is 0.505. The molecule has 0 N–H and O–H groups in total. The van der Waals surface area contributed by atoms with Gasteiger partial charge < -0.3 is 9.64 Å². The van der Waals surface area contributed by atoms with E-state index in [1.165, 1.54) is 12.1 Å². The van der Waals surface area contributed by atoms with Crippen LogP contribution in [0.25, 0.3) is 0 Å². The molecule has 0 saturated carbocycles. The summed E-state index contributed by atoms with van der Waals surface area (Å²) in [6.45, 7) is 3.99. The summed E-state index contributed by atoms with van der Waals surface area (Å²) in [6.07, 6.45) is 4.32. The molecule has 0 bridgehead atoms. The lowest BCUT2D eigenvalue weighted by Crippen LogP contribution is -2.35. The van der Waals surface area contributed by atoms with Crippen LogP contribution in [0.5, 0.6) is 5.75 Å². The number of hydrogen-bond acceptors (Lipinski definition) is 4. The number of halogens is 1. The van der Waals surface area contributed by atoms with Crippen molar-refractivity contribution in [3.8, 4) is 5.75 Å². The first kappa shape index (κ1) is 15.3. The minimum absolute atomic E-state index is 0.230. The fourth-order valence-electron chi connectivity index (χ4n) is 2.41. The van der Waals surface area contributed by atoms with Gasteiger partial charge in [0, 0.05) is 25.5 Å². The average Bonchev–Trinajstić information content (AvgIpc) is 2.49. The summed E-state index contributed by atoms with van der Waals surface area (Å²) < 4.78 is 22.2. The van der Waals surface area contributed by atoms with Gasteiger partial charge in [-0.15, -0.1) is 0 Å². The van der Waals surface area contributed by atoms with E-state index in [9.17, 15) is 4.39 Å². The van der Waals surface area contributed by atoms with E-state index in [-0.39, 0.29) is 5.82 Å². The third-order valence-corrected chi connectivity index (χ3v) is 3.96. The predicted octanol–water partition coefficient (Wildman–Crippen LogP) is 3.18. The zero-order chi connectivity index (χ0) is 14.2. The molecule has 110 valence electrons. The third kappa shape index (κ3) is 5.13. The largest absolute Gasteiger partial charge is 0.494 e. The highest BCUT2D eigenvalue weighted by Gasteiger charge is 2.17. The van der Waals surface area contributed by atoms with Crippen LogP contribution >= 0.6 is 0 Å². The fourth-order valence-corrected chi connectivity index (χ4v) is 2.62. The van der Waals surface area contributed by atoms with E-state index in [2.05, 4.69) is 9.26 Å². The molecule has 1 saturated heterocycles. The van der Waals surface area contributed by atoms with Gasteiger partial charge in [0.15, 0.2) is 0 Å². The number of rotatable bonds is 7. The molecule has 1 aromatic carbocycles. The maximum atomic E-state index is 12.7. The van der Waals surface area contributed by atoms with Crippen LogP contribution in [-0.2, 0) is 12.4 Å². The minimum atomic E-state index is -0.230. The van der Waals surface area contributed by atoms with E-state index in [0.29, 0.717) is 12.6 Å². The van der Waals surface area contributed by atoms with Crippen LogP contribution in [0.1, 0.15) is 25.7 Å². The number of ether oxygens (including phenoxy) is 1. The first-order valence-electron chi connectivity index (χ1n) is 7.21. The van der Waals surface area contributed by atoms with Crippen LogP contribution in [0.4, 0.5) is 4.39 Å². The average molecular weight is 296 g/mol. The van der Waals surface area contributed by atoms with Crippen molar-refractivity contribution in [3.63, 3.8) is 0 Å². The summed E-state index contributed by atoms with van der Waals surface area (Å²) in [4.78, 5) is 2.47. The number of nitrogens with zero attached hydrogens (tertiary/aromatic N) is 2. The van der Waals surface area contributed by atoms with Gasteiger partial charge in [0.05, 0.1) is 12.6 Å². The Bertz CT molecular complexity index is 405. The molecular weight excluding hydrogens is 275 g/mol. The second kappa shape index (κ2) is 8.27. The van der Waals surface area contributed by atoms with Gasteiger partial charge in [-0.2, -0.15) is 0 Å². The molecule has 1 aliphatic heterocycles. The zero-order valence-electron chi connectivity index (χ0n) is 11.6. The minimum Gasteiger partial charge on any atom is -0.494 e. The fraction of sp³-hybridized carbons (Fsp3) is 0.600. The van der Waals surface area contributed by atoms with Crippen molar-refractivity contribution >= 4 is 12.4 Å². The van der Waals surface area contributed by atoms with Crippen LogP contribution < -0.4 is 4.74 Å². The quantitative estimate of drug-likeness (QED) is 0.722. The Morgan fingerprint density at radius 3 is 2.55 bits per heavy atom. The lowest BCUT2D eigenvalue weighted by atomic mass is 10.1. The van der Waals surface area contributed by atoms with Crippen LogP contribution in [0.3, 0.4) is 0 Å². The molecule has 0 amide bonds. The Morgan fingerprint density at radius 1 is 1.20 bits per heavy atom. The van der Waals surface area contributed by atoms with E-state index >= 15 is 0 Å². The molecule has 2 rings (SSSR count). The topological polar surface area (TPSA) is 24.8 Å². The van der Waals surface area contributed by atoms with Crippen molar-refractivity contribution in [2.45, 2.75) is 31.7 Å². The normalized spacial score (nSPS) is 17.1. The molecule has 0 radical (unpaired) electrons. The van der Waals surface area contributed by atoms with Crippen molar-refractivity contribution < 1.29 is 9.13 Å². The summed E-state index contributed by atoms with van der Waals surface area (Å²) in [7, 11) is 0. The van der Waals surface area contributed by atoms with Gasteiger partial charge in [-0.1, -0.05) is 0 Å². The zero-order valence-corrected chi connectivity index (χ0v) is 12.4. The van der Waals surface area contributed by atoms with Crippen molar-refractivity contribution in [1.29, 1.82) is 0 Å². The Balaban J connectivity index is 1.53. The molecule has 0 atom stereocenters. The Kier molecular flexibility index (Phi) is 6.33. The molecule has 1 heterocycles. The molecule has 3 nitrogen and oxygen atoms in total. The van der Waals surface area contributed by atoms with Gasteiger partial charge in [-0.3, -0.25) is 0 Å². The Morgan fingerprint density at radius 2 is 1.90 bits per heavy atom. The highest BCUT2D eigenvalue weighted by atomic mass is 32.1. The molecule has 20 heavy (non-hydrogen) atoms. The van der Waals surface area contributed by atoms with Gasteiger partial charge in [0.2, 0.25) is 0 Å². The standard InChI is InChI=1S/C15H21FN2OS/c16-13-3-5-15(6-4-13)19-12-2-1-9-18-10-7-14(17-20)8-11-18/h3-6,14H,1-2,7-12H2. The molecule has 1 aliphatic rings. The van der Waals surface area contributed by atoms with Gasteiger partial charge >= 0.3 is 0 Å². The van der Waals surface area contributed by atoms with Crippen molar-refractivity contribution in [3.05, 3.63) is 30.1 Å². The summed E-state index contributed by atoms with van der Waals surface area (Å²) in [5, 5.41) is 0. The molecular formula is C15H21FN2OS. The van der Waals surface area contributed by atoms with E-state index in [0.717, 1.165) is 51.1 Å². The summed E-state index contributed by atoms with van der Waals surface area (Å²) in [6, 6.07) is 6.56. The summed E-state index contributed by atoms with van der Waals surface area (Å²) >= 11 is 4.75. The van der Waals surface area contributed by atoms with Crippen molar-refractivity contribution in [2.75, 3.05) is 26.2 Å². The first-order valence-corrected chi connectivity index (χ1v) is 7.57. The SMILES string of the molecule is Fc1ccc(OCCCCN2CCC(N=S)CC2)cc1. The second-order valence-electron chi connectivity index (χ2n) is 5.19. The number of piperidine rings is 1. The molecule has 5 heteroatoms. The first-order chi connectivity index (χ1) is 9.78. The lowest BCUT2D eigenvalue weighted by molar-refractivity contribution is 0.204. The number of likely N-dealkylation sites (tertiary alicyclic amines) is 1. The van der Waals surface area contributed by atoms with Crippen LogP contribution in [0, 0.1) is 5.82 Å².